The first-order valence-electron chi connectivity index (χ1n) is 5.64. The van der Waals surface area contributed by atoms with E-state index in [1.165, 1.54) is 25.7 Å². The van der Waals surface area contributed by atoms with E-state index in [-0.39, 0.29) is 1.43 Å². The Morgan fingerprint density at radius 1 is 1.29 bits per heavy atom. The van der Waals surface area contributed by atoms with Crippen LogP contribution in [0.1, 0.15) is 52.6 Å². The van der Waals surface area contributed by atoms with Gasteiger partial charge in [0.15, 0.2) is 5.82 Å². The first kappa shape index (κ1) is 11.2. The summed E-state index contributed by atoms with van der Waals surface area (Å²) in [7, 11) is 0. The molecule has 0 fully saturated rings. The van der Waals surface area contributed by atoms with Crippen molar-refractivity contribution >= 4 is 0 Å². The minimum atomic E-state index is 0. The van der Waals surface area contributed by atoms with Crippen molar-refractivity contribution in [1.82, 2.24) is 15.2 Å². The third kappa shape index (κ3) is 3.48. The first-order valence-corrected chi connectivity index (χ1v) is 5.64. The van der Waals surface area contributed by atoms with Crippen LogP contribution >= 0.6 is 0 Å². The van der Waals surface area contributed by atoms with Crippen molar-refractivity contribution in [1.29, 1.82) is 0 Å². The third-order valence-corrected chi connectivity index (χ3v) is 2.51. The van der Waals surface area contributed by atoms with E-state index in [0.29, 0.717) is 0 Å². The SMILES string of the molecule is CCCC(CCC)Cc1n[nH]c(C)n1.[HH]. The third-order valence-electron chi connectivity index (χ3n) is 2.51. The van der Waals surface area contributed by atoms with Crippen LogP contribution < -0.4 is 0 Å². The van der Waals surface area contributed by atoms with Crippen LogP contribution in [0.2, 0.25) is 0 Å². The highest BCUT2D eigenvalue weighted by Crippen LogP contribution is 2.17. The summed E-state index contributed by atoms with van der Waals surface area (Å²) in [5.74, 6) is 2.67. The van der Waals surface area contributed by atoms with E-state index in [0.717, 1.165) is 24.0 Å². The zero-order valence-electron chi connectivity index (χ0n) is 9.51. The Hall–Kier alpha value is -0.860. The molecule has 0 spiro atoms. The van der Waals surface area contributed by atoms with Gasteiger partial charge >= 0.3 is 0 Å². The second kappa shape index (κ2) is 5.78. The van der Waals surface area contributed by atoms with Gasteiger partial charge in [-0.3, -0.25) is 5.10 Å². The van der Waals surface area contributed by atoms with Crippen LogP contribution in [-0.2, 0) is 6.42 Å². The summed E-state index contributed by atoms with van der Waals surface area (Å²) in [4.78, 5) is 4.35. The van der Waals surface area contributed by atoms with Gasteiger partial charge in [-0.15, -0.1) is 0 Å². The molecular formula is C11H23N3. The summed E-state index contributed by atoms with van der Waals surface area (Å²) >= 11 is 0. The Morgan fingerprint density at radius 3 is 2.36 bits per heavy atom. The van der Waals surface area contributed by atoms with Crippen LogP contribution in [0.15, 0.2) is 0 Å². The van der Waals surface area contributed by atoms with Crippen molar-refractivity contribution in [2.24, 2.45) is 5.92 Å². The Kier molecular flexibility index (Phi) is 4.63. The van der Waals surface area contributed by atoms with Crippen LogP contribution in [0.25, 0.3) is 0 Å². The summed E-state index contributed by atoms with van der Waals surface area (Å²) in [5.41, 5.74) is 0. The lowest BCUT2D eigenvalue weighted by Crippen LogP contribution is -2.05. The number of aromatic amines is 1. The average Bonchev–Trinajstić information content (AvgIpc) is 2.52. The van der Waals surface area contributed by atoms with E-state index < -0.39 is 0 Å². The van der Waals surface area contributed by atoms with Crippen LogP contribution in [0.3, 0.4) is 0 Å². The van der Waals surface area contributed by atoms with Gasteiger partial charge in [0.1, 0.15) is 5.82 Å². The van der Waals surface area contributed by atoms with E-state index >= 15 is 0 Å². The largest absolute Gasteiger partial charge is 0.263 e. The predicted octanol–water partition coefficient (Wildman–Crippen LogP) is 3.12. The minimum absolute atomic E-state index is 0. The Bertz CT molecular complexity index is 254. The van der Waals surface area contributed by atoms with E-state index in [9.17, 15) is 0 Å². The molecule has 0 amide bonds. The number of nitrogens with one attached hydrogen (secondary N) is 1. The van der Waals surface area contributed by atoms with E-state index in [1.807, 2.05) is 6.92 Å². The molecule has 0 atom stereocenters. The molecule has 0 radical (unpaired) electrons. The van der Waals surface area contributed by atoms with Gasteiger partial charge in [-0.1, -0.05) is 39.5 Å². The molecule has 0 aliphatic rings. The summed E-state index contributed by atoms with van der Waals surface area (Å²) in [5, 5.41) is 7.08. The maximum atomic E-state index is 4.35. The van der Waals surface area contributed by atoms with E-state index in [4.69, 9.17) is 0 Å². The van der Waals surface area contributed by atoms with E-state index in [2.05, 4.69) is 29.0 Å². The smallest absolute Gasteiger partial charge is 0.150 e. The molecule has 0 aromatic carbocycles. The lowest BCUT2D eigenvalue weighted by atomic mass is 9.95. The molecule has 82 valence electrons. The Balaban J connectivity index is 0.00000196. The molecule has 3 heteroatoms. The number of aromatic nitrogens is 3. The number of hydrogen-bond donors (Lipinski definition) is 1. The van der Waals surface area contributed by atoms with Crippen molar-refractivity contribution in [2.75, 3.05) is 0 Å². The van der Waals surface area contributed by atoms with Crippen molar-refractivity contribution in [3.8, 4) is 0 Å². The molecule has 0 saturated carbocycles. The molecule has 0 unspecified atom stereocenters. The molecule has 1 rings (SSSR count). The number of nitrogens with zero attached hydrogens (tertiary/aromatic N) is 2. The second-order valence-electron chi connectivity index (χ2n) is 3.98. The molecule has 14 heavy (non-hydrogen) atoms. The average molecular weight is 197 g/mol. The first-order chi connectivity index (χ1) is 6.76. The molecular weight excluding hydrogens is 174 g/mol. The molecule has 0 aliphatic carbocycles. The van der Waals surface area contributed by atoms with Gasteiger partial charge in [0, 0.05) is 7.85 Å². The van der Waals surface area contributed by atoms with Gasteiger partial charge in [-0.2, -0.15) is 5.10 Å². The summed E-state index contributed by atoms with van der Waals surface area (Å²) in [6.07, 6.45) is 6.14. The highest BCUT2D eigenvalue weighted by atomic mass is 15.2. The molecule has 1 heterocycles. The maximum Gasteiger partial charge on any atom is 0.150 e. The summed E-state index contributed by atoms with van der Waals surface area (Å²) in [6.45, 7) is 6.43. The molecule has 0 bridgehead atoms. The fourth-order valence-corrected chi connectivity index (χ4v) is 1.90. The maximum absolute atomic E-state index is 4.35. The fourth-order valence-electron chi connectivity index (χ4n) is 1.90. The zero-order valence-corrected chi connectivity index (χ0v) is 9.51. The highest BCUT2D eigenvalue weighted by molar-refractivity contribution is 4.89. The Morgan fingerprint density at radius 2 is 1.93 bits per heavy atom. The van der Waals surface area contributed by atoms with E-state index in [1.54, 1.807) is 0 Å². The fraction of sp³-hybridized carbons (Fsp3) is 0.818. The number of hydrogen-bond acceptors (Lipinski definition) is 2. The van der Waals surface area contributed by atoms with Gasteiger partial charge in [-0.05, 0) is 12.8 Å². The lowest BCUT2D eigenvalue weighted by molar-refractivity contribution is 0.430. The van der Waals surface area contributed by atoms with Gasteiger partial charge in [0.25, 0.3) is 0 Å². The van der Waals surface area contributed by atoms with Crippen LogP contribution in [0.4, 0.5) is 0 Å². The standard InChI is InChI=1S/C11H21N3.H2/c1-4-6-10(7-5-2)8-11-12-9(3)13-14-11;/h10H,4-8H2,1-3H3,(H,12,13,14);1H. The summed E-state index contributed by atoms with van der Waals surface area (Å²) in [6, 6.07) is 0. The summed E-state index contributed by atoms with van der Waals surface area (Å²) < 4.78 is 0. The molecule has 1 N–H and O–H groups in total. The molecule has 3 nitrogen and oxygen atoms in total. The molecule has 0 saturated heterocycles. The van der Waals surface area contributed by atoms with Crippen molar-refractivity contribution < 1.29 is 1.43 Å². The van der Waals surface area contributed by atoms with Crippen molar-refractivity contribution in [2.45, 2.75) is 52.9 Å². The normalized spacial score (nSPS) is 11.1. The van der Waals surface area contributed by atoms with Crippen molar-refractivity contribution in [3.05, 3.63) is 11.6 Å². The molecule has 0 aliphatic heterocycles. The highest BCUT2D eigenvalue weighted by Gasteiger charge is 2.10. The van der Waals surface area contributed by atoms with Crippen LogP contribution in [-0.4, -0.2) is 15.2 Å². The zero-order chi connectivity index (χ0) is 10.4. The number of aryl methyl sites for hydroxylation is 1. The van der Waals surface area contributed by atoms with Gasteiger partial charge in [0.05, 0.1) is 0 Å². The molecule has 1 aromatic heterocycles. The van der Waals surface area contributed by atoms with Crippen molar-refractivity contribution in [3.63, 3.8) is 0 Å². The topological polar surface area (TPSA) is 41.6 Å². The van der Waals surface area contributed by atoms with Gasteiger partial charge < -0.3 is 0 Å². The van der Waals surface area contributed by atoms with Crippen LogP contribution in [0, 0.1) is 12.8 Å². The van der Waals surface area contributed by atoms with Crippen LogP contribution in [0.5, 0.6) is 0 Å². The number of rotatable bonds is 6. The predicted molar refractivity (Wildman–Crippen MR) is 60.2 cm³/mol. The van der Waals surface area contributed by atoms with Gasteiger partial charge in [0.2, 0.25) is 0 Å². The van der Waals surface area contributed by atoms with Gasteiger partial charge in [-0.25, -0.2) is 4.98 Å². The quantitative estimate of drug-likeness (QED) is 0.761. The lowest BCUT2D eigenvalue weighted by Gasteiger charge is -2.12. The second-order valence-corrected chi connectivity index (χ2v) is 3.98. The number of H-pyrrole nitrogens is 1. The minimum Gasteiger partial charge on any atom is -0.263 e. The molecule has 1 aromatic rings. The Labute approximate surface area is 87.8 Å². The monoisotopic (exact) mass is 197 g/mol.